The molecule has 0 heterocycles. The van der Waals surface area contributed by atoms with Crippen molar-refractivity contribution >= 4 is 5.78 Å². The van der Waals surface area contributed by atoms with Crippen LogP contribution in [0.3, 0.4) is 0 Å². The number of carbonyl (C=O) groups excluding carboxylic acids is 1. The number of hydrogen-bond acceptors (Lipinski definition) is 3. The molecule has 1 aromatic carbocycles. The van der Waals surface area contributed by atoms with E-state index in [9.17, 15) is 9.90 Å². The summed E-state index contributed by atoms with van der Waals surface area (Å²) in [6.45, 7) is 0. The lowest BCUT2D eigenvalue weighted by Crippen LogP contribution is -2.02. The molecule has 0 aromatic heterocycles. The molecule has 0 saturated heterocycles. The molecular formula is C13H14O3. The molecule has 1 aliphatic carbocycles. The van der Waals surface area contributed by atoms with Gasteiger partial charge < -0.3 is 9.84 Å². The topological polar surface area (TPSA) is 46.5 Å². The van der Waals surface area contributed by atoms with Gasteiger partial charge in [-0.3, -0.25) is 4.79 Å². The van der Waals surface area contributed by atoms with E-state index in [0.29, 0.717) is 12.0 Å². The van der Waals surface area contributed by atoms with E-state index in [1.54, 1.807) is 13.2 Å². The molecule has 1 unspecified atom stereocenters. The predicted molar refractivity (Wildman–Crippen MR) is 60.4 cm³/mol. The highest BCUT2D eigenvalue weighted by atomic mass is 16.5. The van der Waals surface area contributed by atoms with Gasteiger partial charge in [0.2, 0.25) is 0 Å². The first-order valence-electron chi connectivity index (χ1n) is 5.24. The standard InChI is InChI=1S/C13H14O3/c1-16-12-4-2-9(3-5-12)6-10-7-11(14)8-13(10)15/h2-5,7,11,14H,6,8H2,1H3. The van der Waals surface area contributed by atoms with Crippen molar-refractivity contribution in [3.8, 4) is 5.75 Å². The first-order chi connectivity index (χ1) is 7.69. The van der Waals surface area contributed by atoms with Crippen molar-refractivity contribution in [3.05, 3.63) is 41.5 Å². The van der Waals surface area contributed by atoms with Crippen molar-refractivity contribution in [3.63, 3.8) is 0 Å². The molecule has 0 bridgehead atoms. The van der Waals surface area contributed by atoms with Crippen LogP contribution in [0.1, 0.15) is 12.0 Å². The fraction of sp³-hybridized carbons (Fsp3) is 0.308. The number of benzene rings is 1. The lowest BCUT2D eigenvalue weighted by molar-refractivity contribution is -0.115. The Morgan fingerprint density at radius 2 is 2.06 bits per heavy atom. The first-order valence-corrected chi connectivity index (χ1v) is 5.24. The highest BCUT2D eigenvalue weighted by Crippen LogP contribution is 2.20. The summed E-state index contributed by atoms with van der Waals surface area (Å²) in [5.41, 5.74) is 1.76. The summed E-state index contributed by atoms with van der Waals surface area (Å²) in [5.74, 6) is 0.846. The lowest BCUT2D eigenvalue weighted by Gasteiger charge is -2.03. The van der Waals surface area contributed by atoms with Crippen LogP contribution >= 0.6 is 0 Å². The second-order valence-electron chi connectivity index (χ2n) is 3.91. The highest BCUT2D eigenvalue weighted by Gasteiger charge is 2.21. The maximum Gasteiger partial charge on any atom is 0.161 e. The molecule has 84 valence electrons. The van der Waals surface area contributed by atoms with Gasteiger partial charge in [0.05, 0.1) is 13.2 Å². The zero-order valence-electron chi connectivity index (χ0n) is 9.14. The molecule has 0 aliphatic heterocycles. The molecule has 2 rings (SSSR count). The van der Waals surface area contributed by atoms with Crippen LogP contribution in [-0.2, 0) is 11.2 Å². The smallest absolute Gasteiger partial charge is 0.161 e. The molecule has 0 fully saturated rings. The van der Waals surface area contributed by atoms with E-state index in [4.69, 9.17) is 4.74 Å². The van der Waals surface area contributed by atoms with Gasteiger partial charge in [-0.25, -0.2) is 0 Å². The van der Waals surface area contributed by atoms with Gasteiger partial charge in [0, 0.05) is 12.8 Å². The molecule has 3 nitrogen and oxygen atoms in total. The fourth-order valence-electron chi connectivity index (χ4n) is 1.83. The Morgan fingerprint density at radius 3 is 2.56 bits per heavy atom. The van der Waals surface area contributed by atoms with E-state index in [2.05, 4.69) is 0 Å². The molecule has 0 saturated carbocycles. The normalized spacial score (nSPS) is 19.8. The minimum atomic E-state index is -0.597. The molecule has 1 aliphatic rings. The number of allylic oxidation sites excluding steroid dienone is 1. The maximum absolute atomic E-state index is 11.5. The van der Waals surface area contributed by atoms with Crippen molar-refractivity contribution in [2.45, 2.75) is 18.9 Å². The summed E-state index contributed by atoms with van der Waals surface area (Å²) in [7, 11) is 1.62. The van der Waals surface area contributed by atoms with Crippen LogP contribution in [0.25, 0.3) is 0 Å². The Balaban J connectivity index is 2.09. The molecule has 1 N–H and O–H groups in total. The predicted octanol–water partition coefficient (Wildman–Crippen LogP) is 1.50. The van der Waals surface area contributed by atoms with Crippen molar-refractivity contribution in [1.82, 2.24) is 0 Å². The average molecular weight is 218 g/mol. The summed E-state index contributed by atoms with van der Waals surface area (Å²) >= 11 is 0. The molecule has 0 spiro atoms. The van der Waals surface area contributed by atoms with E-state index >= 15 is 0 Å². The fourth-order valence-corrected chi connectivity index (χ4v) is 1.83. The van der Waals surface area contributed by atoms with Crippen molar-refractivity contribution in [2.24, 2.45) is 0 Å². The third kappa shape index (κ3) is 2.31. The largest absolute Gasteiger partial charge is 0.497 e. The van der Waals surface area contributed by atoms with Crippen LogP contribution in [0.15, 0.2) is 35.9 Å². The van der Waals surface area contributed by atoms with Gasteiger partial charge in [-0.1, -0.05) is 12.1 Å². The Labute approximate surface area is 94.4 Å². The molecule has 16 heavy (non-hydrogen) atoms. The van der Waals surface area contributed by atoms with Crippen LogP contribution < -0.4 is 4.74 Å². The number of aliphatic hydroxyl groups is 1. The minimum Gasteiger partial charge on any atom is -0.497 e. The van der Waals surface area contributed by atoms with E-state index in [-0.39, 0.29) is 12.2 Å². The quantitative estimate of drug-likeness (QED) is 0.836. The maximum atomic E-state index is 11.5. The zero-order chi connectivity index (χ0) is 11.5. The van der Waals surface area contributed by atoms with E-state index in [1.807, 2.05) is 24.3 Å². The lowest BCUT2D eigenvalue weighted by atomic mass is 10.0. The van der Waals surface area contributed by atoms with Crippen molar-refractivity contribution < 1.29 is 14.6 Å². The number of rotatable bonds is 3. The molecule has 0 radical (unpaired) electrons. The van der Waals surface area contributed by atoms with E-state index in [0.717, 1.165) is 11.3 Å². The Bertz CT molecular complexity index is 417. The zero-order valence-corrected chi connectivity index (χ0v) is 9.14. The Hall–Kier alpha value is -1.61. The van der Waals surface area contributed by atoms with E-state index in [1.165, 1.54) is 0 Å². The van der Waals surface area contributed by atoms with Crippen molar-refractivity contribution in [1.29, 1.82) is 0 Å². The van der Waals surface area contributed by atoms with Gasteiger partial charge in [-0.15, -0.1) is 0 Å². The second-order valence-corrected chi connectivity index (χ2v) is 3.91. The van der Waals surface area contributed by atoms with Crippen molar-refractivity contribution in [2.75, 3.05) is 7.11 Å². The Morgan fingerprint density at radius 1 is 1.38 bits per heavy atom. The number of ketones is 1. The van der Waals surface area contributed by atoms with Crippen LogP contribution in [0.2, 0.25) is 0 Å². The molecule has 1 atom stereocenters. The minimum absolute atomic E-state index is 0.0447. The summed E-state index contributed by atoms with van der Waals surface area (Å²) in [5, 5.41) is 9.31. The first kappa shape index (κ1) is 10.9. The number of Topliss-reactive ketones (excluding diaryl/α,β-unsaturated/α-hetero) is 1. The number of aliphatic hydroxyl groups excluding tert-OH is 1. The molecule has 3 heteroatoms. The van der Waals surface area contributed by atoms with Gasteiger partial charge in [0.25, 0.3) is 0 Å². The SMILES string of the molecule is COc1ccc(CC2=CC(O)CC2=O)cc1. The summed E-state index contributed by atoms with van der Waals surface area (Å²) in [6, 6.07) is 7.59. The van der Waals surface area contributed by atoms with Crippen LogP contribution in [0.4, 0.5) is 0 Å². The number of hydrogen-bond donors (Lipinski definition) is 1. The number of carbonyl (C=O) groups is 1. The van der Waals surface area contributed by atoms with E-state index < -0.39 is 6.10 Å². The van der Waals surface area contributed by atoms with Gasteiger partial charge in [0.15, 0.2) is 5.78 Å². The van der Waals surface area contributed by atoms with Crippen LogP contribution in [0.5, 0.6) is 5.75 Å². The van der Waals surface area contributed by atoms with Gasteiger partial charge >= 0.3 is 0 Å². The third-order valence-electron chi connectivity index (χ3n) is 2.70. The summed E-state index contributed by atoms with van der Waals surface area (Å²) in [6.07, 6.45) is 1.86. The Kier molecular flexibility index (Phi) is 3.06. The van der Waals surface area contributed by atoms with Crippen LogP contribution in [0, 0.1) is 0 Å². The number of methoxy groups -OCH3 is 1. The average Bonchev–Trinajstić information content (AvgIpc) is 2.59. The second kappa shape index (κ2) is 4.49. The van der Waals surface area contributed by atoms with Gasteiger partial charge in [-0.05, 0) is 29.3 Å². The van der Waals surface area contributed by atoms with Gasteiger partial charge in [-0.2, -0.15) is 0 Å². The molecular weight excluding hydrogens is 204 g/mol. The molecule has 0 amide bonds. The van der Waals surface area contributed by atoms with Crippen LogP contribution in [-0.4, -0.2) is 24.1 Å². The monoisotopic (exact) mass is 218 g/mol. The molecule has 1 aromatic rings. The summed E-state index contributed by atoms with van der Waals surface area (Å²) in [4.78, 5) is 11.5. The van der Waals surface area contributed by atoms with Gasteiger partial charge in [0.1, 0.15) is 5.75 Å². The third-order valence-corrected chi connectivity index (χ3v) is 2.70. The number of ether oxygens (including phenoxy) is 1. The summed E-state index contributed by atoms with van der Waals surface area (Å²) < 4.78 is 5.06. The highest BCUT2D eigenvalue weighted by molar-refractivity contribution is 5.98.